The highest BCUT2D eigenvalue weighted by atomic mass is 35.5. The first-order valence-electron chi connectivity index (χ1n) is 9.98. The zero-order valence-corrected chi connectivity index (χ0v) is 18.5. The van der Waals surface area contributed by atoms with Crippen LogP contribution < -0.4 is 5.73 Å². The number of hydrogen-bond acceptors (Lipinski definition) is 6. The van der Waals surface area contributed by atoms with Crippen LogP contribution >= 0.6 is 23.2 Å². The number of carboxylic acid groups (broad SMARTS) is 2. The molecule has 2 heterocycles. The molecule has 1 aromatic rings. The quantitative estimate of drug-likeness (QED) is 0.362. The van der Waals surface area contributed by atoms with Crippen LogP contribution in [0.4, 0.5) is 0 Å². The van der Waals surface area contributed by atoms with Gasteiger partial charge in [0, 0.05) is 40.9 Å². The number of carboxylic acids is 2. The molecule has 0 aromatic heterocycles. The van der Waals surface area contributed by atoms with Gasteiger partial charge in [-0.3, -0.25) is 0 Å². The van der Waals surface area contributed by atoms with Crippen molar-refractivity contribution in [3.63, 3.8) is 0 Å². The lowest BCUT2D eigenvalue weighted by Gasteiger charge is -2.40. The van der Waals surface area contributed by atoms with Crippen molar-refractivity contribution in [1.82, 2.24) is 0 Å². The van der Waals surface area contributed by atoms with Gasteiger partial charge in [-0.05, 0) is 18.2 Å². The van der Waals surface area contributed by atoms with Crippen molar-refractivity contribution in [2.24, 2.45) is 11.7 Å². The summed E-state index contributed by atoms with van der Waals surface area (Å²) in [6, 6.07) is 6.46. The molecule has 0 spiro atoms. The Balaban J connectivity index is 0.000000291. The van der Waals surface area contributed by atoms with Crippen molar-refractivity contribution in [3.8, 4) is 0 Å². The van der Waals surface area contributed by atoms with Crippen molar-refractivity contribution in [1.29, 1.82) is 0 Å². The minimum absolute atomic E-state index is 0.583. The molecule has 2 aliphatic rings. The zero-order chi connectivity index (χ0) is 23.2. The SMILES string of the molecule is NC[C@H]1CC[N+](Cc2cc(Cl)cc(Cl)c2)([C@H]2CCOC2)C1.O=C(O)C(O)C(O)C(=O)O. The predicted molar refractivity (Wildman–Crippen MR) is 114 cm³/mol. The van der Waals surface area contributed by atoms with Crippen LogP contribution in [0.25, 0.3) is 0 Å². The number of aliphatic hydroxyl groups is 2. The average molecular weight is 480 g/mol. The van der Waals surface area contributed by atoms with E-state index in [1.807, 2.05) is 12.1 Å². The van der Waals surface area contributed by atoms with Gasteiger partial charge in [-0.1, -0.05) is 23.2 Å². The smallest absolute Gasteiger partial charge is 0.335 e. The highest BCUT2D eigenvalue weighted by Crippen LogP contribution is 2.34. The topological polar surface area (TPSA) is 150 Å². The van der Waals surface area contributed by atoms with E-state index in [0.29, 0.717) is 22.0 Å². The van der Waals surface area contributed by atoms with E-state index in [2.05, 4.69) is 0 Å². The van der Waals surface area contributed by atoms with Gasteiger partial charge in [-0.25, -0.2) is 9.59 Å². The van der Waals surface area contributed by atoms with Gasteiger partial charge in [0.25, 0.3) is 0 Å². The summed E-state index contributed by atoms with van der Waals surface area (Å²) in [5.74, 6) is -2.91. The van der Waals surface area contributed by atoms with Crippen LogP contribution in [0.2, 0.25) is 10.0 Å². The number of carbonyl (C=O) groups is 2. The first-order valence-corrected chi connectivity index (χ1v) is 10.7. The monoisotopic (exact) mass is 479 g/mol. The van der Waals surface area contributed by atoms with Gasteiger partial charge in [0.15, 0.2) is 12.2 Å². The van der Waals surface area contributed by atoms with Gasteiger partial charge >= 0.3 is 11.9 Å². The molecular weight excluding hydrogens is 451 g/mol. The zero-order valence-electron chi connectivity index (χ0n) is 17.0. The van der Waals surface area contributed by atoms with Gasteiger partial charge in [0.05, 0.1) is 26.3 Å². The number of aliphatic carboxylic acids is 2. The van der Waals surface area contributed by atoms with Crippen LogP contribution in [-0.4, -0.2) is 87.9 Å². The van der Waals surface area contributed by atoms with Crippen molar-refractivity contribution in [2.75, 3.05) is 32.8 Å². The number of hydrogen-bond donors (Lipinski definition) is 5. The third-order valence-electron chi connectivity index (χ3n) is 5.84. The highest BCUT2D eigenvalue weighted by Gasteiger charge is 2.45. The summed E-state index contributed by atoms with van der Waals surface area (Å²) in [6.07, 6.45) is -2.18. The Morgan fingerprint density at radius 3 is 2.10 bits per heavy atom. The lowest BCUT2D eigenvalue weighted by Crippen LogP contribution is -2.53. The molecule has 2 aliphatic heterocycles. The fourth-order valence-corrected chi connectivity index (χ4v) is 4.79. The second-order valence-corrected chi connectivity index (χ2v) is 8.91. The average Bonchev–Trinajstić information content (AvgIpc) is 3.37. The van der Waals surface area contributed by atoms with Crippen molar-refractivity contribution in [3.05, 3.63) is 33.8 Å². The summed E-state index contributed by atoms with van der Waals surface area (Å²) < 4.78 is 6.73. The van der Waals surface area contributed by atoms with Crippen LogP contribution in [0, 0.1) is 5.92 Å². The van der Waals surface area contributed by atoms with E-state index in [1.54, 1.807) is 6.07 Å². The Kier molecular flexibility index (Phi) is 9.50. The van der Waals surface area contributed by atoms with E-state index in [1.165, 1.54) is 18.5 Å². The first-order chi connectivity index (χ1) is 14.6. The van der Waals surface area contributed by atoms with Crippen LogP contribution in [0.15, 0.2) is 18.2 Å². The molecule has 5 atom stereocenters. The lowest BCUT2D eigenvalue weighted by molar-refractivity contribution is -0.952. The maximum Gasteiger partial charge on any atom is 0.335 e. The molecule has 31 heavy (non-hydrogen) atoms. The van der Waals surface area contributed by atoms with Gasteiger partial charge in [-0.15, -0.1) is 0 Å². The lowest BCUT2D eigenvalue weighted by atomic mass is 10.1. The molecule has 0 aliphatic carbocycles. The molecule has 0 radical (unpaired) electrons. The van der Waals surface area contributed by atoms with Crippen molar-refractivity contribution < 1.29 is 39.2 Å². The van der Waals surface area contributed by atoms with E-state index in [-0.39, 0.29) is 0 Å². The van der Waals surface area contributed by atoms with Gasteiger partial charge in [0.2, 0.25) is 0 Å². The second-order valence-electron chi connectivity index (χ2n) is 8.03. The fraction of sp³-hybridized carbons (Fsp3) is 0.600. The molecule has 3 unspecified atom stereocenters. The van der Waals surface area contributed by atoms with Crippen LogP contribution in [0.5, 0.6) is 0 Å². The molecule has 1 aromatic carbocycles. The highest BCUT2D eigenvalue weighted by molar-refractivity contribution is 6.34. The molecule has 0 amide bonds. The number of benzene rings is 1. The summed E-state index contributed by atoms with van der Waals surface area (Å²) in [5, 5.41) is 34.0. The maximum atomic E-state index is 9.77. The summed E-state index contributed by atoms with van der Waals surface area (Å²) in [7, 11) is 0. The number of rotatable bonds is 7. The Morgan fingerprint density at radius 2 is 1.68 bits per heavy atom. The number of nitrogens with two attached hydrogens (primary N) is 1. The largest absolute Gasteiger partial charge is 0.479 e. The third-order valence-corrected chi connectivity index (χ3v) is 6.28. The second kappa shape index (κ2) is 11.4. The molecule has 11 heteroatoms. The van der Waals surface area contributed by atoms with Crippen LogP contribution in [0.3, 0.4) is 0 Å². The number of quaternary nitrogens is 1. The molecule has 174 valence electrons. The number of nitrogens with zero attached hydrogens (tertiary/aromatic N) is 1. The number of ether oxygens (including phenoxy) is 1. The van der Waals surface area contributed by atoms with Crippen molar-refractivity contribution >= 4 is 35.1 Å². The number of likely N-dealkylation sites (tertiary alicyclic amines) is 1. The third kappa shape index (κ3) is 7.01. The molecule has 6 N–H and O–H groups in total. The van der Waals surface area contributed by atoms with Gasteiger partial charge < -0.3 is 35.4 Å². The summed E-state index contributed by atoms with van der Waals surface area (Å²) >= 11 is 12.3. The molecule has 2 saturated heterocycles. The van der Waals surface area contributed by atoms with Crippen LogP contribution in [-0.2, 0) is 20.9 Å². The summed E-state index contributed by atoms with van der Waals surface area (Å²) in [6.45, 7) is 5.84. The minimum atomic E-state index is -2.27. The fourth-order valence-electron chi connectivity index (χ4n) is 4.22. The van der Waals surface area contributed by atoms with E-state index in [4.69, 9.17) is 54.1 Å². The number of halogens is 2. The Hall–Kier alpha value is -1.46. The Bertz CT molecular complexity index is 738. The molecule has 0 saturated carbocycles. The molecular formula is C20H29Cl2N2O7+. The first kappa shape index (κ1) is 25.8. The number of aliphatic hydroxyl groups excluding tert-OH is 2. The normalized spacial score (nSPS) is 27.3. The Labute approximate surface area is 190 Å². The van der Waals surface area contributed by atoms with E-state index >= 15 is 0 Å². The molecule has 9 nitrogen and oxygen atoms in total. The van der Waals surface area contributed by atoms with Crippen molar-refractivity contribution in [2.45, 2.75) is 37.6 Å². The van der Waals surface area contributed by atoms with Crippen LogP contribution in [0.1, 0.15) is 18.4 Å². The summed E-state index contributed by atoms with van der Waals surface area (Å²) in [5.41, 5.74) is 7.13. The standard InChI is InChI=1S/C16H23Cl2N2O.C4H6O6/c17-14-5-13(6-15(18)7-14)10-20(16-2-4-21-11-16)3-1-12(8-19)9-20;5-1(3(7)8)2(6)4(9)10/h5-7,12,16H,1-4,8-11,19H2;1-2,5-6H,(H,7,8)(H,9,10)/q+1;/t12-,16+,20?;/m1./s1. The summed E-state index contributed by atoms with van der Waals surface area (Å²) in [4.78, 5) is 19.5. The van der Waals surface area contributed by atoms with E-state index in [0.717, 1.165) is 43.8 Å². The van der Waals surface area contributed by atoms with E-state index < -0.39 is 24.1 Å². The predicted octanol–water partition coefficient (Wildman–Crippen LogP) is 0.955. The van der Waals surface area contributed by atoms with Gasteiger partial charge in [-0.2, -0.15) is 0 Å². The molecule has 3 rings (SSSR count). The molecule has 2 fully saturated rings. The maximum absolute atomic E-state index is 9.77. The Morgan fingerprint density at radius 1 is 1.10 bits per heavy atom. The van der Waals surface area contributed by atoms with Gasteiger partial charge in [0.1, 0.15) is 12.6 Å². The molecule has 0 bridgehead atoms. The van der Waals surface area contributed by atoms with E-state index in [9.17, 15) is 9.59 Å². The minimum Gasteiger partial charge on any atom is -0.479 e.